The third kappa shape index (κ3) is 5.01. The molecule has 0 aliphatic heterocycles. The average Bonchev–Trinajstić information content (AvgIpc) is 3.22. The Morgan fingerprint density at radius 2 is 2.11 bits per heavy atom. The van der Waals surface area contributed by atoms with E-state index in [1.54, 1.807) is 0 Å². The monoisotopic (exact) mass is 283 g/mol. The van der Waals surface area contributed by atoms with E-state index in [1.165, 1.54) is 12.8 Å². The van der Waals surface area contributed by atoms with Crippen LogP contribution in [0.4, 0.5) is 0 Å². The third-order valence-electron chi connectivity index (χ3n) is 3.03. The van der Waals surface area contributed by atoms with E-state index >= 15 is 0 Å². The number of hydrogen-bond donors (Lipinski definition) is 1. The number of halogens is 1. The molecule has 0 saturated heterocycles. The van der Waals surface area contributed by atoms with Crippen LogP contribution in [0.25, 0.3) is 0 Å². The van der Waals surface area contributed by atoms with Gasteiger partial charge < -0.3 is 14.8 Å². The van der Waals surface area contributed by atoms with E-state index in [9.17, 15) is 0 Å². The minimum absolute atomic E-state index is 0.542. The normalized spacial score (nSPS) is 14.6. The SMILES string of the molecule is CCCOCCOc1c(Cl)cccc1CNC1CC1. The van der Waals surface area contributed by atoms with Gasteiger partial charge in [-0.1, -0.05) is 30.7 Å². The van der Waals surface area contributed by atoms with Crippen molar-refractivity contribution in [1.29, 1.82) is 0 Å². The number of hydrogen-bond acceptors (Lipinski definition) is 3. The first-order valence-electron chi connectivity index (χ1n) is 7.02. The number of rotatable bonds is 9. The van der Waals surface area contributed by atoms with E-state index in [-0.39, 0.29) is 0 Å². The molecule has 1 saturated carbocycles. The lowest BCUT2D eigenvalue weighted by molar-refractivity contribution is 0.100. The van der Waals surface area contributed by atoms with E-state index < -0.39 is 0 Å². The molecule has 106 valence electrons. The molecule has 0 aromatic heterocycles. The van der Waals surface area contributed by atoms with Crippen LogP contribution in [0.15, 0.2) is 18.2 Å². The van der Waals surface area contributed by atoms with Gasteiger partial charge in [0, 0.05) is 24.8 Å². The first-order valence-corrected chi connectivity index (χ1v) is 7.40. The number of nitrogens with one attached hydrogen (secondary N) is 1. The van der Waals surface area contributed by atoms with Crippen molar-refractivity contribution in [3.05, 3.63) is 28.8 Å². The summed E-state index contributed by atoms with van der Waals surface area (Å²) >= 11 is 6.21. The lowest BCUT2D eigenvalue weighted by Gasteiger charge is -2.13. The molecule has 0 bridgehead atoms. The van der Waals surface area contributed by atoms with Crippen LogP contribution < -0.4 is 10.1 Å². The maximum absolute atomic E-state index is 6.21. The molecule has 0 atom stereocenters. The third-order valence-corrected chi connectivity index (χ3v) is 3.33. The van der Waals surface area contributed by atoms with Gasteiger partial charge in [0.25, 0.3) is 0 Å². The molecule has 1 aliphatic carbocycles. The first kappa shape index (κ1) is 14.6. The van der Waals surface area contributed by atoms with Crippen molar-refractivity contribution in [3.8, 4) is 5.75 Å². The smallest absolute Gasteiger partial charge is 0.142 e. The van der Waals surface area contributed by atoms with E-state index in [4.69, 9.17) is 21.1 Å². The predicted molar refractivity (Wildman–Crippen MR) is 77.9 cm³/mol. The summed E-state index contributed by atoms with van der Waals surface area (Å²) in [7, 11) is 0. The van der Waals surface area contributed by atoms with Crippen molar-refractivity contribution in [2.75, 3.05) is 19.8 Å². The molecule has 0 radical (unpaired) electrons. The Morgan fingerprint density at radius 3 is 2.84 bits per heavy atom. The van der Waals surface area contributed by atoms with E-state index in [2.05, 4.69) is 18.3 Å². The van der Waals surface area contributed by atoms with Crippen LogP contribution in [-0.2, 0) is 11.3 Å². The molecule has 2 rings (SSSR count). The van der Waals surface area contributed by atoms with Crippen molar-refractivity contribution in [2.45, 2.75) is 38.8 Å². The molecule has 1 aromatic carbocycles. The van der Waals surface area contributed by atoms with E-state index in [0.717, 1.165) is 30.9 Å². The molecule has 1 N–H and O–H groups in total. The molecule has 19 heavy (non-hydrogen) atoms. The van der Waals surface area contributed by atoms with Crippen LogP contribution in [-0.4, -0.2) is 25.9 Å². The highest BCUT2D eigenvalue weighted by Gasteiger charge is 2.21. The maximum Gasteiger partial charge on any atom is 0.142 e. The van der Waals surface area contributed by atoms with Gasteiger partial charge in [-0.05, 0) is 25.3 Å². The van der Waals surface area contributed by atoms with Gasteiger partial charge >= 0.3 is 0 Å². The standard InChI is InChI=1S/C15H22ClNO2/c1-2-8-18-9-10-19-15-12(4-3-5-14(15)16)11-17-13-6-7-13/h3-5,13,17H,2,6-11H2,1H3. The first-order chi connectivity index (χ1) is 9.31. The summed E-state index contributed by atoms with van der Waals surface area (Å²) in [6, 6.07) is 6.57. The van der Waals surface area contributed by atoms with Gasteiger partial charge in [0.05, 0.1) is 11.6 Å². The molecular formula is C15H22ClNO2. The summed E-state index contributed by atoms with van der Waals surface area (Å²) in [5.41, 5.74) is 1.12. The molecule has 1 aromatic rings. The molecule has 3 nitrogen and oxygen atoms in total. The van der Waals surface area contributed by atoms with E-state index in [0.29, 0.717) is 24.3 Å². The van der Waals surface area contributed by atoms with Crippen LogP contribution in [0.3, 0.4) is 0 Å². The highest BCUT2D eigenvalue weighted by molar-refractivity contribution is 6.32. The highest BCUT2D eigenvalue weighted by Crippen LogP contribution is 2.29. The zero-order valence-corrected chi connectivity index (χ0v) is 12.2. The molecule has 0 heterocycles. The van der Waals surface area contributed by atoms with Crippen LogP contribution in [0.5, 0.6) is 5.75 Å². The Kier molecular flexibility index (Phi) is 5.95. The lowest BCUT2D eigenvalue weighted by Crippen LogP contribution is -2.17. The Bertz CT molecular complexity index is 394. The second kappa shape index (κ2) is 7.73. The van der Waals surface area contributed by atoms with Gasteiger partial charge in [-0.25, -0.2) is 0 Å². The number of benzene rings is 1. The summed E-state index contributed by atoms with van der Waals surface area (Å²) in [6.45, 7) is 4.84. The zero-order chi connectivity index (χ0) is 13.5. The minimum atomic E-state index is 0.542. The molecule has 0 spiro atoms. The second-order valence-corrected chi connectivity index (χ2v) is 5.25. The fraction of sp³-hybridized carbons (Fsp3) is 0.600. The number of para-hydroxylation sites is 1. The molecule has 4 heteroatoms. The van der Waals surface area contributed by atoms with Gasteiger partial charge in [-0.15, -0.1) is 0 Å². The minimum Gasteiger partial charge on any atom is -0.489 e. The molecular weight excluding hydrogens is 262 g/mol. The summed E-state index contributed by atoms with van der Waals surface area (Å²) in [5, 5.41) is 4.15. The summed E-state index contributed by atoms with van der Waals surface area (Å²) in [4.78, 5) is 0. The summed E-state index contributed by atoms with van der Waals surface area (Å²) in [6.07, 6.45) is 3.59. The summed E-state index contributed by atoms with van der Waals surface area (Å²) in [5.74, 6) is 0.789. The van der Waals surface area contributed by atoms with Gasteiger partial charge in [-0.2, -0.15) is 0 Å². The summed E-state index contributed by atoms with van der Waals surface area (Å²) < 4.78 is 11.2. The molecule has 0 unspecified atom stereocenters. The quantitative estimate of drug-likeness (QED) is 0.705. The Morgan fingerprint density at radius 1 is 1.26 bits per heavy atom. The highest BCUT2D eigenvalue weighted by atomic mass is 35.5. The fourth-order valence-corrected chi connectivity index (χ4v) is 2.09. The van der Waals surface area contributed by atoms with Crippen LogP contribution in [0, 0.1) is 0 Å². The van der Waals surface area contributed by atoms with Gasteiger partial charge in [0.2, 0.25) is 0 Å². The topological polar surface area (TPSA) is 30.5 Å². The Labute approximate surface area is 120 Å². The van der Waals surface area contributed by atoms with Crippen LogP contribution in [0.2, 0.25) is 5.02 Å². The Balaban J connectivity index is 1.84. The number of ether oxygens (including phenoxy) is 2. The largest absolute Gasteiger partial charge is 0.489 e. The second-order valence-electron chi connectivity index (χ2n) is 4.84. The van der Waals surface area contributed by atoms with Gasteiger partial charge in [0.15, 0.2) is 0 Å². The Hall–Kier alpha value is -0.770. The molecule has 0 amide bonds. The van der Waals surface area contributed by atoms with Crippen molar-refractivity contribution >= 4 is 11.6 Å². The predicted octanol–water partition coefficient (Wildman–Crippen LogP) is 3.40. The maximum atomic E-state index is 6.21. The van der Waals surface area contributed by atoms with Crippen molar-refractivity contribution in [2.24, 2.45) is 0 Å². The van der Waals surface area contributed by atoms with E-state index in [1.807, 2.05) is 12.1 Å². The van der Waals surface area contributed by atoms with Crippen molar-refractivity contribution in [3.63, 3.8) is 0 Å². The molecule has 1 aliphatic rings. The van der Waals surface area contributed by atoms with Crippen molar-refractivity contribution in [1.82, 2.24) is 5.32 Å². The van der Waals surface area contributed by atoms with Crippen LogP contribution >= 0.6 is 11.6 Å². The lowest BCUT2D eigenvalue weighted by atomic mass is 10.2. The average molecular weight is 284 g/mol. The fourth-order valence-electron chi connectivity index (χ4n) is 1.85. The van der Waals surface area contributed by atoms with Crippen molar-refractivity contribution < 1.29 is 9.47 Å². The van der Waals surface area contributed by atoms with Gasteiger partial charge in [0.1, 0.15) is 12.4 Å². The van der Waals surface area contributed by atoms with Gasteiger partial charge in [-0.3, -0.25) is 0 Å². The molecule has 1 fully saturated rings. The zero-order valence-electron chi connectivity index (χ0n) is 11.5. The van der Waals surface area contributed by atoms with Crippen LogP contribution in [0.1, 0.15) is 31.7 Å².